The number of carbonyl (C=O) groups is 1. The summed E-state index contributed by atoms with van der Waals surface area (Å²) in [7, 11) is 0. The van der Waals surface area contributed by atoms with Crippen molar-refractivity contribution < 1.29 is 4.79 Å². The summed E-state index contributed by atoms with van der Waals surface area (Å²) >= 11 is 0. The van der Waals surface area contributed by atoms with Gasteiger partial charge in [-0.3, -0.25) is 4.79 Å². The first-order valence-corrected chi connectivity index (χ1v) is 6.84. The highest BCUT2D eigenvalue weighted by molar-refractivity contribution is 5.95. The molecule has 2 atom stereocenters. The zero-order valence-electron chi connectivity index (χ0n) is 10.8. The van der Waals surface area contributed by atoms with Gasteiger partial charge in [-0.05, 0) is 49.3 Å². The second-order valence-corrected chi connectivity index (χ2v) is 5.70. The Morgan fingerprint density at radius 1 is 1.28 bits per heavy atom. The standard InChI is InChI=1S/C15H20N2O/c1-9-6-7-10(16)8-13(9)17-15(18)14-11-4-2-3-5-12(11)14/h6-8,11-12,14H,2-5,16H2,1H3,(H,17,18). The molecule has 0 heterocycles. The van der Waals surface area contributed by atoms with Gasteiger partial charge in [-0.2, -0.15) is 0 Å². The van der Waals surface area contributed by atoms with Gasteiger partial charge < -0.3 is 11.1 Å². The molecule has 1 aromatic rings. The minimum Gasteiger partial charge on any atom is -0.399 e. The van der Waals surface area contributed by atoms with Gasteiger partial charge in [0.1, 0.15) is 0 Å². The summed E-state index contributed by atoms with van der Waals surface area (Å²) in [4.78, 5) is 12.3. The molecule has 2 saturated carbocycles. The van der Waals surface area contributed by atoms with Crippen LogP contribution in [0.4, 0.5) is 11.4 Å². The Morgan fingerprint density at radius 3 is 2.61 bits per heavy atom. The molecule has 0 aliphatic heterocycles. The molecule has 1 amide bonds. The Kier molecular flexibility index (Phi) is 2.77. The van der Waals surface area contributed by atoms with Crippen LogP contribution in [0, 0.1) is 24.7 Å². The van der Waals surface area contributed by atoms with Crippen molar-refractivity contribution in [2.24, 2.45) is 17.8 Å². The number of fused-ring (bicyclic) bond motifs is 1. The smallest absolute Gasteiger partial charge is 0.228 e. The van der Waals surface area contributed by atoms with Crippen molar-refractivity contribution in [3.05, 3.63) is 23.8 Å². The third kappa shape index (κ3) is 1.98. The minimum absolute atomic E-state index is 0.195. The number of nitrogen functional groups attached to an aromatic ring is 1. The second-order valence-electron chi connectivity index (χ2n) is 5.70. The van der Waals surface area contributed by atoms with Crippen molar-refractivity contribution in [3.8, 4) is 0 Å². The molecular weight excluding hydrogens is 224 g/mol. The summed E-state index contributed by atoms with van der Waals surface area (Å²) in [6, 6.07) is 5.66. The van der Waals surface area contributed by atoms with Crippen molar-refractivity contribution in [2.45, 2.75) is 32.6 Å². The lowest BCUT2D eigenvalue weighted by Crippen LogP contribution is -2.16. The molecule has 3 rings (SSSR count). The van der Waals surface area contributed by atoms with E-state index < -0.39 is 0 Å². The van der Waals surface area contributed by atoms with Crippen LogP contribution < -0.4 is 11.1 Å². The maximum atomic E-state index is 12.3. The Bertz CT molecular complexity index is 471. The average molecular weight is 244 g/mol. The van der Waals surface area contributed by atoms with Crippen molar-refractivity contribution >= 4 is 17.3 Å². The van der Waals surface area contributed by atoms with Crippen LogP contribution >= 0.6 is 0 Å². The Labute approximate surface area is 108 Å². The van der Waals surface area contributed by atoms with Crippen LogP contribution in [-0.2, 0) is 4.79 Å². The van der Waals surface area contributed by atoms with Crippen LogP contribution in [0.3, 0.4) is 0 Å². The summed E-state index contributed by atoms with van der Waals surface area (Å²) in [5, 5.41) is 3.05. The Balaban J connectivity index is 1.69. The van der Waals surface area contributed by atoms with Crippen LogP contribution in [0.2, 0.25) is 0 Å². The summed E-state index contributed by atoms with van der Waals surface area (Å²) in [5.41, 5.74) is 8.39. The molecule has 0 bridgehead atoms. The maximum Gasteiger partial charge on any atom is 0.228 e. The summed E-state index contributed by atoms with van der Waals surface area (Å²) in [5.74, 6) is 1.76. The lowest BCUT2D eigenvalue weighted by molar-refractivity contribution is -0.117. The number of aryl methyl sites for hydroxylation is 1. The van der Waals surface area contributed by atoms with Gasteiger partial charge in [-0.1, -0.05) is 18.9 Å². The fraction of sp³-hybridized carbons (Fsp3) is 0.533. The van der Waals surface area contributed by atoms with E-state index in [1.807, 2.05) is 25.1 Å². The lowest BCUT2D eigenvalue weighted by atomic mass is 10.0. The molecule has 3 N–H and O–H groups in total. The highest BCUT2D eigenvalue weighted by atomic mass is 16.2. The number of rotatable bonds is 2. The van der Waals surface area contributed by atoms with Gasteiger partial charge in [-0.25, -0.2) is 0 Å². The van der Waals surface area contributed by atoms with Gasteiger partial charge in [0.25, 0.3) is 0 Å². The third-order valence-corrected chi connectivity index (χ3v) is 4.48. The quantitative estimate of drug-likeness (QED) is 0.786. The zero-order chi connectivity index (χ0) is 12.7. The van der Waals surface area contributed by atoms with E-state index in [9.17, 15) is 4.79 Å². The molecule has 18 heavy (non-hydrogen) atoms. The van der Waals surface area contributed by atoms with Gasteiger partial charge >= 0.3 is 0 Å². The fourth-order valence-corrected chi connectivity index (χ4v) is 3.37. The molecular formula is C15H20N2O. The number of hydrogen-bond donors (Lipinski definition) is 2. The highest BCUT2D eigenvalue weighted by Gasteiger charge is 2.54. The molecule has 2 aliphatic rings. The molecule has 0 saturated heterocycles. The Hall–Kier alpha value is -1.51. The zero-order valence-corrected chi connectivity index (χ0v) is 10.8. The summed E-state index contributed by atoms with van der Waals surface area (Å²) in [6.45, 7) is 2.00. The lowest BCUT2D eigenvalue weighted by Gasteiger charge is -2.09. The minimum atomic E-state index is 0.195. The molecule has 1 aromatic carbocycles. The Morgan fingerprint density at radius 2 is 1.94 bits per heavy atom. The number of amides is 1. The first kappa shape index (κ1) is 11.6. The number of nitrogens with one attached hydrogen (secondary N) is 1. The average Bonchev–Trinajstić information content (AvgIpc) is 3.08. The number of nitrogens with two attached hydrogens (primary N) is 1. The molecule has 3 heteroatoms. The molecule has 2 unspecified atom stereocenters. The summed E-state index contributed by atoms with van der Waals surface area (Å²) < 4.78 is 0. The number of hydrogen-bond acceptors (Lipinski definition) is 2. The number of benzene rings is 1. The fourth-order valence-electron chi connectivity index (χ4n) is 3.37. The van der Waals surface area contributed by atoms with Gasteiger partial charge in [0.2, 0.25) is 5.91 Å². The monoisotopic (exact) mass is 244 g/mol. The molecule has 0 radical (unpaired) electrons. The molecule has 3 nitrogen and oxygen atoms in total. The van der Waals surface area contributed by atoms with Crippen LogP contribution in [0.5, 0.6) is 0 Å². The van der Waals surface area contributed by atoms with E-state index in [0.717, 1.165) is 11.3 Å². The van der Waals surface area contributed by atoms with Crippen molar-refractivity contribution in [1.29, 1.82) is 0 Å². The second kappa shape index (κ2) is 4.30. The van der Waals surface area contributed by atoms with Crippen molar-refractivity contribution in [3.63, 3.8) is 0 Å². The van der Waals surface area contributed by atoms with Crippen molar-refractivity contribution in [1.82, 2.24) is 0 Å². The number of anilines is 2. The van der Waals surface area contributed by atoms with Gasteiger partial charge in [0, 0.05) is 17.3 Å². The van der Waals surface area contributed by atoms with E-state index >= 15 is 0 Å². The highest BCUT2D eigenvalue weighted by Crippen LogP contribution is 2.55. The van der Waals surface area contributed by atoms with Gasteiger partial charge in [0.15, 0.2) is 0 Å². The normalized spacial score (nSPS) is 29.5. The van der Waals surface area contributed by atoms with E-state index in [-0.39, 0.29) is 11.8 Å². The topological polar surface area (TPSA) is 55.1 Å². The largest absolute Gasteiger partial charge is 0.399 e. The molecule has 96 valence electrons. The molecule has 0 spiro atoms. The SMILES string of the molecule is Cc1ccc(N)cc1NC(=O)C1C2CCCCC21. The van der Waals surface area contributed by atoms with E-state index in [1.54, 1.807) is 0 Å². The van der Waals surface area contributed by atoms with Gasteiger partial charge in [-0.15, -0.1) is 0 Å². The van der Waals surface area contributed by atoms with E-state index in [1.165, 1.54) is 25.7 Å². The number of carbonyl (C=O) groups excluding carboxylic acids is 1. The predicted molar refractivity (Wildman–Crippen MR) is 73.2 cm³/mol. The van der Waals surface area contributed by atoms with Crippen LogP contribution in [-0.4, -0.2) is 5.91 Å². The van der Waals surface area contributed by atoms with E-state index in [2.05, 4.69) is 5.32 Å². The van der Waals surface area contributed by atoms with E-state index in [4.69, 9.17) is 5.73 Å². The van der Waals surface area contributed by atoms with Crippen LogP contribution in [0.1, 0.15) is 31.2 Å². The van der Waals surface area contributed by atoms with Crippen LogP contribution in [0.15, 0.2) is 18.2 Å². The van der Waals surface area contributed by atoms with Crippen LogP contribution in [0.25, 0.3) is 0 Å². The molecule has 2 aliphatic carbocycles. The molecule has 0 aromatic heterocycles. The third-order valence-electron chi connectivity index (χ3n) is 4.48. The maximum absolute atomic E-state index is 12.3. The van der Waals surface area contributed by atoms with Crippen molar-refractivity contribution in [2.75, 3.05) is 11.1 Å². The summed E-state index contributed by atoms with van der Waals surface area (Å²) in [6.07, 6.45) is 5.06. The predicted octanol–water partition coefficient (Wildman–Crippen LogP) is 2.95. The van der Waals surface area contributed by atoms with Gasteiger partial charge in [0.05, 0.1) is 0 Å². The molecule has 2 fully saturated rings. The first-order valence-electron chi connectivity index (χ1n) is 6.84. The first-order chi connectivity index (χ1) is 8.66. The van der Waals surface area contributed by atoms with E-state index in [0.29, 0.717) is 17.5 Å².